The lowest BCUT2D eigenvalue weighted by atomic mass is 10.1. The van der Waals surface area contributed by atoms with Crippen molar-refractivity contribution < 1.29 is 14.3 Å². The Balaban J connectivity index is 1.62. The highest BCUT2D eigenvalue weighted by Crippen LogP contribution is 2.31. The van der Waals surface area contributed by atoms with Crippen LogP contribution in [0.3, 0.4) is 0 Å². The van der Waals surface area contributed by atoms with Crippen molar-refractivity contribution in [3.8, 4) is 22.6 Å². The summed E-state index contributed by atoms with van der Waals surface area (Å²) in [5.74, 6) is 1.90. The summed E-state index contributed by atoms with van der Waals surface area (Å²) in [4.78, 5) is 24.2. The summed E-state index contributed by atoms with van der Waals surface area (Å²) in [5.41, 5.74) is 9.73. The molecule has 1 unspecified atom stereocenters. The van der Waals surface area contributed by atoms with Crippen molar-refractivity contribution in [2.75, 3.05) is 19.9 Å². The topological polar surface area (TPSA) is 115 Å². The number of ether oxygens (including phenoxy) is 2. The SMILES string of the molecule is CNC(=O)c1cccc2[nH]c(C(C)Oc3cc(-c4ccc(OC)cc4)cnc3N)nc12. The first kappa shape index (κ1) is 20.2. The number of rotatable bonds is 6. The number of aromatic amines is 1. The number of aromatic nitrogens is 3. The number of amides is 1. The highest BCUT2D eigenvalue weighted by molar-refractivity contribution is 6.04. The van der Waals surface area contributed by atoms with Gasteiger partial charge in [0.1, 0.15) is 17.1 Å². The number of hydrogen-bond donors (Lipinski definition) is 3. The number of hydrogen-bond acceptors (Lipinski definition) is 6. The van der Waals surface area contributed by atoms with Gasteiger partial charge >= 0.3 is 0 Å². The van der Waals surface area contributed by atoms with Crippen LogP contribution < -0.4 is 20.5 Å². The van der Waals surface area contributed by atoms with Crippen LogP contribution in [0, 0.1) is 0 Å². The molecule has 0 aliphatic heterocycles. The number of nitrogens with one attached hydrogen (secondary N) is 2. The number of pyridine rings is 1. The lowest BCUT2D eigenvalue weighted by molar-refractivity contribution is 0.0964. The van der Waals surface area contributed by atoms with E-state index in [-0.39, 0.29) is 11.7 Å². The Morgan fingerprint density at radius 2 is 1.94 bits per heavy atom. The van der Waals surface area contributed by atoms with Gasteiger partial charge in [0.05, 0.1) is 18.2 Å². The second-order valence-corrected chi connectivity index (χ2v) is 7.00. The molecule has 0 bridgehead atoms. The molecule has 1 atom stereocenters. The summed E-state index contributed by atoms with van der Waals surface area (Å²) >= 11 is 0. The lowest BCUT2D eigenvalue weighted by Crippen LogP contribution is -2.18. The first-order valence-electron chi connectivity index (χ1n) is 9.77. The third-order valence-electron chi connectivity index (χ3n) is 5.00. The predicted octanol–water partition coefficient (Wildman–Crippen LogP) is 3.72. The first-order valence-corrected chi connectivity index (χ1v) is 9.77. The van der Waals surface area contributed by atoms with E-state index in [4.69, 9.17) is 15.2 Å². The third-order valence-corrected chi connectivity index (χ3v) is 5.00. The highest BCUT2D eigenvalue weighted by Gasteiger charge is 2.18. The summed E-state index contributed by atoms with van der Waals surface area (Å²) in [6.07, 6.45) is 1.26. The maximum absolute atomic E-state index is 12.1. The molecule has 31 heavy (non-hydrogen) atoms. The third kappa shape index (κ3) is 4.00. The van der Waals surface area contributed by atoms with Crippen LogP contribution in [-0.4, -0.2) is 35.0 Å². The lowest BCUT2D eigenvalue weighted by Gasteiger charge is -2.15. The van der Waals surface area contributed by atoms with E-state index >= 15 is 0 Å². The average molecular weight is 417 g/mol. The Morgan fingerprint density at radius 3 is 2.65 bits per heavy atom. The molecule has 0 saturated carbocycles. The van der Waals surface area contributed by atoms with Gasteiger partial charge in [-0.05, 0) is 42.8 Å². The minimum absolute atomic E-state index is 0.196. The molecule has 0 fully saturated rings. The quantitative estimate of drug-likeness (QED) is 0.440. The fraction of sp³-hybridized carbons (Fsp3) is 0.174. The molecule has 8 nitrogen and oxygen atoms in total. The highest BCUT2D eigenvalue weighted by atomic mass is 16.5. The molecule has 4 N–H and O–H groups in total. The van der Waals surface area contributed by atoms with E-state index in [0.29, 0.717) is 22.7 Å². The standard InChI is InChI=1S/C23H23N5O3/c1-13(22-27-18-6-4-5-17(20(18)28-22)23(29)25-2)31-19-11-15(12-26-21(19)24)14-7-9-16(30-3)10-8-14/h4-13H,1-3H3,(H2,24,26)(H,25,29)(H,27,28). The Labute approximate surface area is 179 Å². The van der Waals surface area contributed by atoms with Crippen molar-refractivity contribution in [3.05, 3.63) is 66.1 Å². The van der Waals surface area contributed by atoms with Gasteiger partial charge in [0.15, 0.2) is 17.7 Å². The largest absolute Gasteiger partial charge is 0.497 e. The molecule has 2 aromatic heterocycles. The molecule has 2 aromatic carbocycles. The maximum Gasteiger partial charge on any atom is 0.253 e. The Bertz CT molecular complexity index is 1230. The smallest absolute Gasteiger partial charge is 0.253 e. The van der Waals surface area contributed by atoms with Crippen LogP contribution in [0.2, 0.25) is 0 Å². The van der Waals surface area contributed by atoms with Gasteiger partial charge < -0.3 is 25.5 Å². The molecule has 158 valence electrons. The van der Waals surface area contributed by atoms with E-state index in [1.807, 2.05) is 43.3 Å². The number of methoxy groups -OCH3 is 1. The second kappa shape index (κ2) is 8.35. The summed E-state index contributed by atoms with van der Waals surface area (Å²) in [7, 11) is 3.22. The van der Waals surface area contributed by atoms with Crippen molar-refractivity contribution in [1.29, 1.82) is 0 Å². The van der Waals surface area contributed by atoms with Gasteiger partial charge in [-0.25, -0.2) is 9.97 Å². The summed E-state index contributed by atoms with van der Waals surface area (Å²) in [6.45, 7) is 1.86. The number of carbonyl (C=O) groups is 1. The second-order valence-electron chi connectivity index (χ2n) is 7.00. The molecule has 0 aliphatic rings. The van der Waals surface area contributed by atoms with Crippen molar-refractivity contribution in [2.24, 2.45) is 0 Å². The normalized spacial score (nSPS) is 11.8. The molecular weight excluding hydrogens is 394 g/mol. The number of nitrogen functional groups attached to an aromatic ring is 1. The van der Waals surface area contributed by atoms with Gasteiger partial charge in [-0.2, -0.15) is 0 Å². The number of fused-ring (bicyclic) bond motifs is 1. The van der Waals surface area contributed by atoms with Gasteiger partial charge in [-0.3, -0.25) is 4.79 Å². The minimum Gasteiger partial charge on any atom is -0.497 e. The molecule has 1 amide bonds. The van der Waals surface area contributed by atoms with E-state index in [2.05, 4.69) is 20.3 Å². The molecule has 8 heteroatoms. The molecule has 0 spiro atoms. The zero-order valence-corrected chi connectivity index (χ0v) is 17.5. The first-order chi connectivity index (χ1) is 15.0. The van der Waals surface area contributed by atoms with Crippen LogP contribution >= 0.6 is 0 Å². The zero-order valence-electron chi connectivity index (χ0n) is 17.5. The summed E-state index contributed by atoms with van der Waals surface area (Å²) in [6, 6.07) is 14.9. The van der Waals surface area contributed by atoms with Gasteiger partial charge in [-0.1, -0.05) is 18.2 Å². The van der Waals surface area contributed by atoms with Crippen LogP contribution in [0.25, 0.3) is 22.2 Å². The van der Waals surface area contributed by atoms with Gasteiger partial charge in [0, 0.05) is 18.8 Å². The van der Waals surface area contributed by atoms with Crippen LogP contribution in [0.4, 0.5) is 5.82 Å². The molecule has 0 radical (unpaired) electrons. The van der Waals surface area contributed by atoms with E-state index in [1.54, 1.807) is 32.5 Å². The van der Waals surface area contributed by atoms with Crippen molar-refractivity contribution in [2.45, 2.75) is 13.0 Å². The van der Waals surface area contributed by atoms with Crippen molar-refractivity contribution in [1.82, 2.24) is 20.3 Å². The fourth-order valence-corrected chi connectivity index (χ4v) is 3.30. The maximum atomic E-state index is 12.1. The van der Waals surface area contributed by atoms with E-state index < -0.39 is 6.10 Å². The number of H-pyrrole nitrogens is 1. The molecular formula is C23H23N5O3. The van der Waals surface area contributed by atoms with Gasteiger partial charge in [0.2, 0.25) is 0 Å². The number of imidazole rings is 1. The van der Waals surface area contributed by atoms with Crippen LogP contribution in [0.15, 0.2) is 54.7 Å². The number of para-hydroxylation sites is 1. The van der Waals surface area contributed by atoms with E-state index in [9.17, 15) is 4.79 Å². The summed E-state index contributed by atoms with van der Waals surface area (Å²) in [5, 5.41) is 2.63. The summed E-state index contributed by atoms with van der Waals surface area (Å²) < 4.78 is 11.3. The van der Waals surface area contributed by atoms with Gasteiger partial charge in [0.25, 0.3) is 5.91 Å². The predicted molar refractivity (Wildman–Crippen MR) is 119 cm³/mol. The average Bonchev–Trinajstić information content (AvgIpc) is 3.25. The number of nitrogens with zero attached hydrogens (tertiary/aromatic N) is 2. The molecule has 0 aliphatic carbocycles. The van der Waals surface area contributed by atoms with E-state index in [0.717, 1.165) is 22.4 Å². The molecule has 0 saturated heterocycles. The Morgan fingerprint density at radius 1 is 1.16 bits per heavy atom. The van der Waals surface area contributed by atoms with Gasteiger partial charge in [-0.15, -0.1) is 0 Å². The Hall–Kier alpha value is -4.07. The van der Waals surface area contributed by atoms with Crippen LogP contribution in [0.1, 0.15) is 29.2 Å². The number of benzene rings is 2. The number of nitrogens with two attached hydrogens (primary N) is 1. The minimum atomic E-state index is -0.444. The number of carbonyl (C=O) groups excluding carboxylic acids is 1. The number of anilines is 1. The fourth-order valence-electron chi connectivity index (χ4n) is 3.30. The zero-order chi connectivity index (χ0) is 22.0. The van der Waals surface area contributed by atoms with Crippen LogP contribution in [-0.2, 0) is 0 Å². The Kier molecular flexibility index (Phi) is 5.44. The van der Waals surface area contributed by atoms with Crippen molar-refractivity contribution >= 4 is 22.8 Å². The monoisotopic (exact) mass is 417 g/mol. The van der Waals surface area contributed by atoms with E-state index in [1.165, 1.54) is 0 Å². The molecule has 4 aromatic rings. The molecule has 4 rings (SSSR count). The van der Waals surface area contributed by atoms with Crippen LogP contribution in [0.5, 0.6) is 11.5 Å². The van der Waals surface area contributed by atoms with Crippen molar-refractivity contribution in [3.63, 3.8) is 0 Å². The molecule has 2 heterocycles.